The van der Waals surface area contributed by atoms with E-state index >= 15 is 0 Å². The molecule has 4 aliphatic carbocycles. The summed E-state index contributed by atoms with van der Waals surface area (Å²) in [5.74, 6) is 0.156. The predicted molar refractivity (Wildman–Crippen MR) is 64.1 cm³/mol. The van der Waals surface area contributed by atoms with E-state index in [4.69, 9.17) is 0 Å². The first-order chi connectivity index (χ1) is 7.94. The zero-order chi connectivity index (χ0) is 12.1. The van der Waals surface area contributed by atoms with Crippen LogP contribution in [0.15, 0.2) is 0 Å². The van der Waals surface area contributed by atoms with Crippen LogP contribution in [0.5, 0.6) is 0 Å². The Labute approximate surface area is 102 Å². The molecule has 1 nitrogen and oxygen atoms in total. The van der Waals surface area contributed by atoms with Crippen LogP contribution in [0.2, 0.25) is 0 Å². The van der Waals surface area contributed by atoms with E-state index in [-0.39, 0.29) is 6.54 Å². The maximum Gasteiger partial charge on any atom is 0.257 e. The molecule has 0 aliphatic heterocycles. The number of alkyl halides is 2. The molecule has 4 fully saturated rings. The summed E-state index contributed by atoms with van der Waals surface area (Å²) in [5.41, 5.74) is 0.375. The Morgan fingerprint density at radius 3 is 1.94 bits per heavy atom. The molecule has 0 aromatic carbocycles. The van der Waals surface area contributed by atoms with Crippen molar-refractivity contribution in [2.45, 2.75) is 51.4 Å². The summed E-state index contributed by atoms with van der Waals surface area (Å²) in [6.07, 6.45) is 8.14. The van der Waals surface area contributed by atoms with E-state index in [9.17, 15) is 8.78 Å². The highest BCUT2D eigenvalue weighted by Crippen LogP contribution is 2.59. The zero-order valence-corrected chi connectivity index (χ0v) is 10.6. The van der Waals surface area contributed by atoms with Gasteiger partial charge in [-0.25, -0.2) is 8.78 Å². The van der Waals surface area contributed by atoms with Crippen molar-refractivity contribution in [3.8, 4) is 0 Å². The van der Waals surface area contributed by atoms with Crippen molar-refractivity contribution in [2.75, 3.05) is 13.1 Å². The molecular weight excluding hydrogens is 220 g/mol. The lowest BCUT2D eigenvalue weighted by Crippen LogP contribution is -2.51. The van der Waals surface area contributed by atoms with Crippen LogP contribution in [0.1, 0.15) is 45.4 Å². The van der Waals surface area contributed by atoms with Gasteiger partial charge in [-0.3, -0.25) is 0 Å². The number of rotatable bonds is 4. The van der Waals surface area contributed by atoms with Gasteiger partial charge < -0.3 is 5.32 Å². The highest BCUT2D eigenvalue weighted by molar-refractivity contribution is 5.02. The van der Waals surface area contributed by atoms with Crippen LogP contribution in [0.4, 0.5) is 8.78 Å². The molecule has 17 heavy (non-hydrogen) atoms. The molecule has 3 heteroatoms. The van der Waals surface area contributed by atoms with E-state index in [2.05, 4.69) is 5.32 Å². The molecule has 0 aromatic rings. The van der Waals surface area contributed by atoms with Crippen molar-refractivity contribution in [3.05, 3.63) is 0 Å². The summed E-state index contributed by atoms with van der Waals surface area (Å²) in [7, 11) is 0. The molecule has 0 unspecified atom stereocenters. The Morgan fingerprint density at radius 1 is 1.06 bits per heavy atom. The van der Waals surface area contributed by atoms with Crippen molar-refractivity contribution in [2.24, 2.45) is 23.2 Å². The van der Waals surface area contributed by atoms with Gasteiger partial charge in [-0.15, -0.1) is 0 Å². The van der Waals surface area contributed by atoms with Crippen LogP contribution in [0.25, 0.3) is 0 Å². The van der Waals surface area contributed by atoms with Crippen molar-refractivity contribution >= 4 is 0 Å². The highest BCUT2D eigenvalue weighted by Gasteiger charge is 2.50. The van der Waals surface area contributed by atoms with Gasteiger partial charge in [-0.05, 0) is 61.7 Å². The van der Waals surface area contributed by atoms with Gasteiger partial charge >= 0.3 is 0 Å². The largest absolute Gasteiger partial charge is 0.311 e. The van der Waals surface area contributed by atoms with Gasteiger partial charge in [0.1, 0.15) is 0 Å². The van der Waals surface area contributed by atoms with Gasteiger partial charge in [0.2, 0.25) is 0 Å². The lowest BCUT2D eigenvalue weighted by molar-refractivity contribution is -0.0557. The van der Waals surface area contributed by atoms with E-state index in [1.807, 2.05) is 0 Å². The first-order valence-corrected chi connectivity index (χ1v) is 7.03. The molecule has 4 rings (SSSR count). The van der Waals surface area contributed by atoms with Crippen LogP contribution >= 0.6 is 0 Å². The summed E-state index contributed by atoms with van der Waals surface area (Å²) in [6, 6.07) is 0. The Bertz CT molecular complexity index is 260. The molecule has 1 N–H and O–H groups in total. The normalized spacial score (nSPS) is 44.3. The van der Waals surface area contributed by atoms with Crippen molar-refractivity contribution < 1.29 is 8.78 Å². The van der Waals surface area contributed by atoms with Crippen molar-refractivity contribution in [1.29, 1.82) is 0 Å². The summed E-state index contributed by atoms with van der Waals surface area (Å²) in [6.45, 7) is 1.66. The Hall–Kier alpha value is -0.180. The molecule has 4 bridgehead atoms. The molecular formula is C14H23F2N. The van der Waals surface area contributed by atoms with E-state index in [0.717, 1.165) is 31.2 Å². The summed E-state index contributed by atoms with van der Waals surface area (Å²) >= 11 is 0. The summed E-state index contributed by atoms with van der Waals surface area (Å²) in [5, 5.41) is 3.03. The van der Waals surface area contributed by atoms with Gasteiger partial charge in [0.15, 0.2) is 0 Å². The fourth-order valence-electron chi connectivity index (χ4n) is 5.05. The molecule has 4 saturated carbocycles. The number of hydrogen-bond acceptors (Lipinski definition) is 1. The molecule has 98 valence electrons. The van der Waals surface area contributed by atoms with E-state index in [1.54, 1.807) is 0 Å². The molecule has 0 atom stereocenters. The third-order valence-corrected chi connectivity index (χ3v) is 5.10. The second-order valence-corrected chi connectivity index (χ2v) is 7.09. The monoisotopic (exact) mass is 243 g/mol. The van der Waals surface area contributed by atoms with Crippen LogP contribution in [-0.4, -0.2) is 19.0 Å². The molecule has 0 spiro atoms. The molecule has 0 heterocycles. The second-order valence-electron chi connectivity index (χ2n) is 7.09. The molecule has 0 amide bonds. The lowest BCUT2D eigenvalue weighted by Gasteiger charge is -2.57. The van der Waals surface area contributed by atoms with Crippen LogP contribution < -0.4 is 5.32 Å². The third-order valence-electron chi connectivity index (χ3n) is 5.10. The number of hydrogen-bond donors (Lipinski definition) is 1. The van der Waals surface area contributed by atoms with Crippen LogP contribution in [0, 0.1) is 23.2 Å². The van der Waals surface area contributed by atoms with Gasteiger partial charge in [0, 0.05) is 13.5 Å². The second kappa shape index (κ2) is 3.91. The lowest BCUT2D eigenvalue weighted by atomic mass is 9.49. The SMILES string of the molecule is CC(F)(F)CNCC12CC3CC(CC(C3)C1)C2. The number of nitrogens with one attached hydrogen (secondary N) is 1. The molecule has 0 radical (unpaired) electrons. The quantitative estimate of drug-likeness (QED) is 0.797. The standard InChI is InChI=1S/C14H23F2N/c1-13(15,16)8-17-9-14-5-10-2-11(6-14)4-12(3-10)7-14/h10-12,17H,2-9H2,1H3. The van der Waals surface area contributed by atoms with Gasteiger partial charge in [-0.2, -0.15) is 0 Å². The van der Waals surface area contributed by atoms with Gasteiger partial charge in [0.25, 0.3) is 5.92 Å². The minimum Gasteiger partial charge on any atom is -0.311 e. The maximum atomic E-state index is 12.8. The van der Waals surface area contributed by atoms with Gasteiger partial charge in [-0.1, -0.05) is 0 Å². The first-order valence-electron chi connectivity index (χ1n) is 7.03. The average Bonchev–Trinajstić information content (AvgIpc) is 2.11. The molecule has 0 aromatic heterocycles. The smallest absolute Gasteiger partial charge is 0.257 e. The topological polar surface area (TPSA) is 12.0 Å². The average molecular weight is 243 g/mol. The summed E-state index contributed by atoms with van der Waals surface area (Å²) in [4.78, 5) is 0. The highest BCUT2D eigenvalue weighted by atomic mass is 19.3. The fourth-order valence-corrected chi connectivity index (χ4v) is 5.05. The predicted octanol–water partition coefficient (Wildman–Crippen LogP) is 3.45. The molecule has 0 saturated heterocycles. The van der Waals surface area contributed by atoms with Crippen molar-refractivity contribution in [3.63, 3.8) is 0 Å². The van der Waals surface area contributed by atoms with E-state index < -0.39 is 5.92 Å². The maximum absolute atomic E-state index is 12.8. The van der Waals surface area contributed by atoms with E-state index in [1.165, 1.54) is 38.5 Å². The number of halogens is 2. The van der Waals surface area contributed by atoms with E-state index in [0.29, 0.717) is 5.41 Å². The Morgan fingerprint density at radius 2 is 1.53 bits per heavy atom. The minimum atomic E-state index is -2.57. The van der Waals surface area contributed by atoms with Crippen LogP contribution in [0.3, 0.4) is 0 Å². The molecule has 4 aliphatic rings. The van der Waals surface area contributed by atoms with Crippen LogP contribution in [-0.2, 0) is 0 Å². The Balaban J connectivity index is 1.59. The fraction of sp³-hybridized carbons (Fsp3) is 1.00. The summed E-state index contributed by atoms with van der Waals surface area (Å²) < 4.78 is 25.6. The zero-order valence-electron chi connectivity index (χ0n) is 10.6. The minimum absolute atomic E-state index is 0.158. The van der Waals surface area contributed by atoms with Crippen molar-refractivity contribution in [1.82, 2.24) is 5.32 Å². The van der Waals surface area contributed by atoms with Gasteiger partial charge in [0.05, 0.1) is 6.54 Å². The first kappa shape index (κ1) is 11.9. The third kappa shape index (κ3) is 2.49. The Kier molecular flexibility index (Phi) is 2.73.